The van der Waals surface area contributed by atoms with Crippen LogP contribution in [0.25, 0.3) is 0 Å². The smallest absolute Gasteiger partial charge is 0.330 e. The lowest BCUT2D eigenvalue weighted by molar-refractivity contribution is -0.132. The molecule has 0 bridgehead atoms. The Balaban J connectivity index is 1.74. The van der Waals surface area contributed by atoms with Crippen LogP contribution in [0.3, 0.4) is 0 Å². The van der Waals surface area contributed by atoms with E-state index >= 15 is 0 Å². The van der Waals surface area contributed by atoms with Gasteiger partial charge in [0.15, 0.2) is 0 Å². The van der Waals surface area contributed by atoms with Crippen LogP contribution in [-0.4, -0.2) is 11.1 Å². The Bertz CT molecular complexity index is 689. The Morgan fingerprint density at radius 2 is 1.64 bits per heavy atom. The molecule has 0 saturated carbocycles. The minimum absolute atomic E-state index is 0.437. The fourth-order valence-corrected chi connectivity index (χ4v) is 2.64. The number of unbranched alkanes of at least 4 members (excludes halogenated alkanes) is 4. The lowest BCUT2D eigenvalue weighted by Gasteiger charge is -2.11. The van der Waals surface area contributed by atoms with Gasteiger partial charge in [-0.3, -0.25) is 0 Å². The van der Waals surface area contributed by atoms with Crippen molar-refractivity contribution in [3.63, 3.8) is 0 Å². The van der Waals surface area contributed by atoms with Gasteiger partial charge in [-0.25, -0.2) is 4.79 Å². The number of para-hydroxylation sites is 2. The van der Waals surface area contributed by atoms with E-state index in [2.05, 4.69) is 6.07 Å². The highest BCUT2D eigenvalue weighted by atomic mass is 16.5. The Kier molecular flexibility index (Phi) is 7.77. The molecule has 132 valence electrons. The minimum Gasteiger partial charge on any atom is -0.478 e. The lowest BCUT2D eigenvalue weighted by atomic mass is 10.0. The summed E-state index contributed by atoms with van der Waals surface area (Å²) in [7, 11) is 0. The highest BCUT2D eigenvalue weighted by Crippen LogP contribution is 2.26. The van der Waals surface area contributed by atoms with Crippen LogP contribution < -0.4 is 4.74 Å². The molecule has 0 aliphatic heterocycles. The third kappa shape index (κ3) is 6.84. The first kappa shape index (κ1) is 18.8. The molecule has 3 nitrogen and oxygen atoms in total. The summed E-state index contributed by atoms with van der Waals surface area (Å²) in [6.45, 7) is 1.64. The number of aryl methyl sites for hydroxylation is 1. The molecule has 0 amide bonds. The normalized spacial score (nSPS) is 11.3. The van der Waals surface area contributed by atoms with Crippen LogP contribution in [-0.2, 0) is 11.2 Å². The van der Waals surface area contributed by atoms with Crippen molar-refractivity contribution < 1.29 is 14.6 Å². The number of carboxylic acids is 1. The molecular formula is C22H26O3. The number of carboxylic acid groups (broad SMARTS) is 1. The largest absolute Gasteiger partial charge is 0.478 e. The highest BCUT2D eigenvalue weighted by molar-refractivity contribution is 5.85. The van der Waals surface area contributed by atoms with Crippen LogP contribution in [0.15, 0.2) is 66.2 Å². The van der Waals surface area contributed by atoms with E-state index < -0.39 is 5.97 Å². The van der Waals surface area contributed by atoms with E-state index in [0.29, 0.717) is 5.57 Å². The first-order chi connectivity index (χ1) is 12.2. The van der Waals surface area contributed by atoms with Gasteiger partial charge in [-0.2, -0.15) is 0 Å². The monoisotopic (exact) mass is 338 g/mol. The number of allylic oxidation sites excluding steroid dienone is 1. The van der Waals surface area contributed by atoms with E-state index in [0.717, 1.165) is 50.0 Å². The Morgan fingerprint density at radius 1 is 0.960 bits per heavy atom. The third-order valence-corrected chi connectivity index (χ3v) is 4.13. The molecular weight excluding hydrogens is 312 g/mol. The predicted molar refractivity (Wildman–Crippen MR) is 101 cm³/mol. The molecule has 0 aliphatic carbocycles. The molecule has 2 aromatic carbocycles. The van der Waals surface area contributed by atoms with Gasteiger partial charge in [0.05, 0.1) is 0 Å². The average Bonchev–Trinajstić information content (AvgIpc) is 2.62. The maximum absolute atomic E-state index is 10.7. The lowest BCUT2D eigenvalue weighted by Crippen LogP contribution is -1.95. The molecule has 0 spiro atoms. The van der Waals surface area contributed by atoms with Gasteiger partial charge in [0.25, 0.3) is 0 Å². The summed E-state index contributed by atoms with van der Waals surface area (Å²) in [6, 6.07) is 18.0. The molecule has 0 fully saturated rings. The minimum atomic E-state index is -0.824. The van der Waals surface area contributed by atoms with Crippen molar-refractivity contribution in [2.45, 2.75) is 45.4 Å². The molecule has 0 atom stereocenters. The van der Waals surface area contributed by atoms with Crippen LogP contribution in [0.1, 0.15) is 44.6 Å². The van der Waals surface area contributed by atoms with E-state index in [4.69, 9.17) is 9.84 Å². The molecule has 0 unspecified atom stereocenters. The predicted octanol–water partition coefficient (Wildman–Crippen LogP) is 6.00. The van der Waals surface area contributed by atoms with Crippen molar-refractivity contribution in [3.8, 4) is 11.5 Å². The topological polar surface area (TPSA) is 46.5 Å². The van der Waals surface area contributed by atoms with Crippen LogP contribution in [0.5, 0.6) is 11.5 Å². The van der Waals surface area contributed by atoms with Crippen LogP contribution in [0.4, 0.5) is 0 Å². The summed E-state index contributed by atoms with van der Waals surface area (Å²) in [5, 5.41) is 8.80. The quantitative estimate of drug-likeness (QED) is 0.427. The Hall–Kier alpha value is -2.55. The molecule has 0 aliphatic rings. The van der Waals surface area contributed by atoms with Gasteiger partial charge in [0, 0.05) is 5.57 Å². The fourth-order valence-electron chi connectivity index (χ4n) is 2.64. The first-order valence-electron chi connectivity index (χ1n) is 8.87. The summed E-state index contributed by atoms with van der Waals surface area (Å²) >= 11 is 0. The maximum atomic E-state index is 10.7. The van der Waals surface area contributed by atoms with Crippen LogP contribution in [0.2, 0.25) is 0 Å². The van der Waals surface area contributed by atoms with Crippen molar-refractivity contribution >= 4 is 5.97 Å². The molecule has 0 heterocycles. The third-order valence-electron chi connectivity index (χ3n) is 4.13. The van der Waals surface area contributed by atoms with E-state index in [1.54, 1.807) is 6.92 Å². The van der Waals surface area contributed by atoms with E-state index in [9.17, 15) is 4.79 Å². The SMILES string of the molecule is CC(=CCCCCCCc1ccccc1Oc1ccccc1)C(=O)O. The molecule has 25 heavy (non-hydrogen) atoms. The summed E-state index contributed by atoms with van der Waals surface area (Å²) in [6.07, 6.45) is 8.04. The van der Waals surface area contributed by atoms with Gasteiger partial charge in [-0.1, -0.05) is 55.3 Å². The van der Waals surface area contributed by atoms with E-state index in [-0.39, 0.29) is 0 Å². The fraction of sp³-hybridized carbons (Fsp3) is 0.318. The Morgan fingerprint density at radius 3 is 2.40 bits per heavy atom. The second-order valence-corrected chi connectivity index (χ2v) is 6.17. The number of hydrogen-bond donors (Lipinski definition) is 1. The van der Waals surface area contributed by atoms with Gasteiger partial charge in [-0.05, 0) is 56.4 Å². The number of ether oxygens (including phenoxy) is 1. The van der Waals surface area contributed by atoms with Gasteiger partial charge in [-0.15, -0.1) is 0 Å². The highest BCUT2D eigenvalue weighted by Gasteiger charge is 2.04. The second kappa shape index (κ2) is 10.3. The maximum Gasteiger partial charge on any atom is 0.330 e. The molecule has 0 saturated heterocycles. The van der Waals surface area contributed by atoms with Crippen molar-refractivity contribution in [2.24, 2.45) is 0 Å². The molecule has 2 aromatic rings. The molecule has 1 N–H and O–H groups in total. The number of rotatable bonds is 10. The van der Waals surface area contributed by atoms with Crippen molar-refractivity contribution in [1.82, 2.24) is 0 Å². The number of benzene rings is 2. The summed E-state index contributed by atoms with van der Waals surface area (Å²) in [5.74, 6) is 0.958. The molecule has 0 aromatic heterocycles. The van der Waals surface area contributed by atoms with Gasteiger partial charge >= 0.3 is 5.97 Å². The standard InChI is InChI=1S/C22H26O3/c1-18(22(23)24)12-6-3-2-4-7-13-19-14-10-11-17-21(19)25-20-15-8-5-9-16-20/h5,8-12,14-17H,2-4,6-7,13H2,1H3,(H,23,24). The van der Waals surface area contributed by atoms with E-state index in [1.807, 2.05) is 54.6 Å². The zero-order chi connectivity index (χ0) is 17.9. The van der Waals surface area contributed by atoms with Crippen LogP contribution in [0, 0.1) is 0 Å². The van der Waals surface area contributed by atoms with Crippen molar-refractivity contribution in [1.29, 1.82) is 0 Å². The molecule has 3 heteroatoms. The van der Waals surface area contributed by atoms with Gasteiger partial charge in [0.1, 0.15) is 11.5 Å². The van der Waals surface area contributed by atoms with Crippen molar-refractivity contribution in [3.05, 3.63) is 71.8 Å². The number of hydrogen-bond acceptors (Lipinski definition) is 2. The zero-order valence-electron chi connectivity index (χ0n) is 14.8. The summed E-state index contributed by atoms with van der Waals surface area (Å²) in [4.78, 5) is 10.7. The Labute approximate surface area is 150 Å². The second-order valence-electron chi connectivity index (χ2n) is 6.17. The van der Waals surface area contributed by atoms with E-state index in [1.165, 1.54) is 5.56 Å². The number of aliphatic carboxylic acids is 1. The van der Waals surface area contributed by atoms with Crippen molar-refractivity contribution in [2.75, 3.05) is 0 Å². The van der Waals surface area contributed by atoms with Gasteiger partial charge in [0.2, 0.25) is 0 Å². The van der Waals surface area contributed by atoms with Gasteiger partial charge < -0.3 is 9.84 Å². The number of carbonyl (C=O) groups is 1. The summed E-state index contributed by atoms with van der Waals surface area (Å²) in [5.41, 5.74) is 1.67. The molecule has 0 radical (unpaired) electrons. The first-order valence-corrected chi connectivity index (χ1v) is 8.87. The summed E-state index contributed by atoms with van der Waals surface area (Å²) < 4.78 is 5.99. The van der Waals surface area contributed by atoms with Crippen LogP contribution >= 0.6 is 0 Å². The zero-order valence-corrected chi connectivity index (χ0v) is 14.8. The molecule has 2 rings (SSSR count). The average molecular weight is 338 g/mol.